The van der Waals surface area contributed by atoms with Crippen LogP contribution in [0, 0.1) is 12.8 Å². The minimum Gasteiger partial charge on any atom is -0.375 e. The van der Waals surface area contributed by atoms with Crippen LogP contribution in [0.3, 0.4) is 0 Å². The molecule has 5 rings (SSSR count). The van der Waals surface area contributed by atoms with Crippen LogP contribution in [0.2, 0.25) is 0 Å². The molecule has 2 amide bonds. The summed E-state index contributed by atoms with van der Waals surface area (Å²) in [5, 5.41) is 3.43. The van der Waals surface area contributed by atoms with Crippen molar-refractivity contribution in [1.82, 2.24) is 15.2 Å². The second-order valence-corrected chi connectivity index (χ2v) is 10.6. The molecule has 1 aliphatic carbocycles. The van der Waals surface area contributed by atoms with E-state index in [0.717, 1.165) is 33.7 Å². The number of hydrogen-bond acceptors (Lipinski definition) is 6. The highest BCUT2D eigenvalue weighted by Crippen LogP contribution is 2.49. The summed E-state index contributed by atoms with van der Waals surface area (Å²) in [7, 11) is 0. The lowest BCUT2D eigenvalue weighted by Crippen LogP contribution is -2.45. The normalized spacial score (nSPS) is 21.0. The maximum absolute atomic E-state index is 13.7. The van der Waals surface area contributed by atoms with E-state index in [0.29, 0.717) is 28.9 Å². The summed E-state index contributed by atoms with van der Waals surface area (Å²) in [6.07, 6.45) is 3.91. The number of nitrogen functional groups attached to an aromatic ring is 1. The van der Waals surface area contributed by atoms with Crippen LogP contribution >= 0.6 is 23.1 Å². The summed E-state index contributed by atoms with van der Waals surface area (Å²) < 4.78 is 0. The van der Waals surface area contributed by atoms with Gasteiger partial charge in [-0.25, -0.2) is 4.98 Å². The van der Waals surface area contributed by atoms with Gasteiger partial charge in [-0.15, -0.1) is 11.8 Å². The number of nitrogens with zero attached hydrogens (tertiary/aromatic N) is 2. The number of amides is 2. The molecule has 2 heterocycles. The molecule has 170 valence electrons. The van der Waals surface area contributed by atoms with Gasteiger partial charge < -0.3 is 16.0 Å². The minimum atomic E-state index is -0.114. The van der Waals surface area contributed by atoms with E-state index in [2.05, 4.69) is 10.3 Å². The molecule has 3 N–H and O–H groups in total. The van der Waals surface area contributed by atoms with E-state index >= 15 is 0 Å². The van der Waals surface area contributed by atoms with Crippen LogP contribution < -0.4 is 11.1 Å². The quantitative estimate of drug-likeness (QED) is 0.511. The van der Waals surface area contributed by atoms with E-state index in [1.54, 1.807) is 11.8 Å². The number of thioether (sulfide) groups is 1. The first-order valence-corrected chi connectivity index (χ1v) is 13.1. The van der Waals surface area contributed by atoms with Crippen molar-refractivity contribution in [2.24, 2.45) is 5.92 Å². The van der Waals surface area contributed by atoms with Gasteiger partial charge in [-0.3, -0.25) is 9.59 Å². The number of aromatic nitrogens is 1. The van der Waals surface area contributed by atoms with E-state index in [1.807, 2.05) is 66.6 Å². The van der Waals surface area contributed by atoms with Crippen molar-refractivity contribution in [1.29, 1.82) is 0 Å². The fourth-order valence-electron chi connectivity index (χ4n) is 4.72. The van der Waals surface area contributed by atoms with Crippen molar-refractivity contribution in [2.75, 3.05) is 18.5 Å². The predicted molar refractivity (Wildman–Crippen MR) is 134 cm³/mol. The largest absolute Gasteiger partial charge is 0.375 e. The van der Waals surface area contributed by atoms with Gasteiger partial charge in [0, 0.05) is 23.0 Å². The summed E-state index contributed by atoms with van der Waals surface area (Å²) >= 11 is 2.95. The van der Waals surface area contributed by atoms with Gasteiger partial charge in [-0.2, -0.15) is 0 Å². The lowest BCUT2D eigenvalue weighted by atomic mass is 10.1. The molecule has 3 atom stereocenters. The number of thiazole rings is 1. The first-order valence-electron chi connectivity index (χ1n) is 11.0. The zero-order valence-electron chi connectivity index (χ0n) is 18.6. The molecule has 1 aliphatic heterocycles. The zero-order chi connectivity index (χ0) is 23.1. The predicted octanol–water partition coefficient (Wildman–Crippen LogP) is 4.46. The van der Waals surface area contributed by atoms with Crippen molar-refractivity contribution in [3.05, 3.63) is 65.4 Å². The van der Waals surface area contributed by atoms with Crippen LogP contribution in [0.4, 0.5) is 5.13 Å². The van der Waals surface area contributed by atoms with Gasteiger partial charge in [0.1, 0.15) is 5.69 Å². The Morgan fingerprint density at radius 1 is 1.21 bits per heavy atom. The molecule has 1 aromatic heterocycles. The molecule has 0 bridgehead atoms. The molecule has 2 fully saturated rings. The number of fused-ring (bicyclic) bond motifs is 1. The zero-order valence-corrected chi connectivity index (χ0v) is 20.2. The number of carbonyl (C=O) groups is 2. The number of piperidine rings is 1. The molecular weight excluding hydrogens is 452 g/mol. The van der Waals surface area contributed by atoms with Gasteiger partial charge in [-0.1, -0.05) is 47.2 Å². The number of rotatable bonds is 6. The molecule has 1 saturated carbocycles. The van der Waals surface area contributed by atoms with Crippen LogP contribution in [0.25, 0.3) is 10.4 Å². The Hall–Kier alpha value is -2.84. The maximum Gasteiger partial charge on any atom is 0.274 e. The third-order valence-electron chi connectivity index (χ3n) is 6.40. The summed E-state index contributed by atoms with van der Waals surface area (Å²) in [6.45, 7) is 2.46. The number of hydrogen-bond donors (Lipinski definition) is 2. The van der Waals surface area contributed by atoms with E-state index in [-0.39, 0.29) is 23.9 Å². The summed E-state index contributed by atoms with van der Waals surface area (Å²) in [6, 6.07) is 15.8. The monoisotopic (exact) mass is 478 g/mol. The van der Waals surface area contributed by atoms with Crippen molar-refractivity contribution in [2.45, 2.75) is 36.7 Å². The molecule has 0 unspecified atom stereocenters. The lowest BCUT2D eigenvalue weighted by Gasteiger charge is -2.27. The van der Waals surface area contributed by atoms with Gasteiger partial charge in [0.25, 0.3) is 11.8 Å². The highest BCUT2D eigenvalue weighted by molar-refractivity contribution is 7.98. The lowest BCUT2D eigenvalue weighted by molar-refractivity contribution is 0.0684. The average molecular weight is 479 g/mol. The van der Waals surface area contributed by atoms with Crippen molar-refractivity contribution < 1.29 is 9.59 Å². The first kappa shape index (κ1) is 22.0. The fraction of sp³-hybridized carbons (Fsp3) is 0.320. The van der Waals surface area contributed by atoms with Crippen LogP contribution in [-0.2, 0) is 0 Å². The van der Waals surface area contributed by atoms with E-state index in [1.165, 1.54) is 11.3 Å². The number of nitrogens with two attached hydrogens (primary N) is 1. The SMILES string of the molecule is CSc1cccc(C(=O)NC[C@@H]2C[C@H]3C[C@@H]3N2C(=O)c2nc(N)sc2-c2cccc(C)c2)c1. The molecule has 0 spiro atoms. The highest BCUT2D eigenvalue weighted by atomic mass is 32.2. The molecule has 0 radical (unpaired) electrons. The smallest absolute Gasteiger partial charge is 0.274 e. The Labute approximate surface area is 201 Å². The number of aryl methyl sites for hydroxylation is 1. The number of anilines is 1. The second kappa shape index (κ2) is 8.83. The molecule has 6 nitrogen and oxygen atoms in total. The van der Waals surface area contributed by atoms with E-state index < -0.39 is 0 Å². The Kier molecular flexibility index (Phi) is 5.88. The van der Waals surface area contributed by atoms with Crippen LogP contribution in [-0.4, -0.2) is 46.6 Å². The summed E-state index contributed by atoms with van der Waals surface area (Å²) in [5.41, 5.74) is 9.16. The topological polar surface area (TPSA) is 88.3 Å². The van der Waals surface area contributed by atoms with E-state index in [9.17, 15) is 9.59 Å². The molecule has 2 aromatic carbocycles. The van der Waals surface area contributed by atoms with Crippen molar-refractivity contribution in [3.8, 4) is 10.4 Å². The van der Waals surface area contributed by atoms with Gasteiger partial charge in [0.15, 0.2) is 5.13 Å². The third kappa shape index (κ3) is 4.37. The maximum atomic E-state index is 13.7. The van der Waals surface area contributed by atoms with Gasteiger partial charge in [0.05, 0.1) is 10.9 Å². The van der Waals surface area contributed by atoms with Crippen molar-refractivity contribution in [3.63, 3.8) is 0 Å². The first-order chi connectivity index (χ1) is 15.9. The average Bonchev–Trinajstić information content (AvgIpc) is 3.31. The third-order valence-corrected chi connectivity index (χ3v) is 8.06. The Bertz CT molecular complexity index is 1220. The minimum absolute atomic E-state index is 0.0396. The molecular formula is C25H26N4O2S2. The number of benzene rings is 2. The van der Waals surface area contributed by atoms with Gasteiger partial charge >= 0.3 is 0 Å². The molecule has 3 aromatic rings. The number of likely N-dealkylation sites (tertiary alicyclic amines) is 1. The summed E-state index contributed by atoms with van der Waals surface area (Å²) in [5.74, 6) is 0.305. The highest BCUT2D eigenvalue weighted by Gasteiger charge is 2.54. The number of carbonyl (C=O) groups excluding carboxylic acids is 2. The van der Waals surface area contributed by atoms with Crippen molar-refractivity contribution >= 4 is 40.0 Å². The van der Waals surface area contributed by atoms with E-state index in [4.69, 9.17) is 5.73 Å². The second-order valence-electron chi connectivity index (χ2n) is 8.71. The Morgan fingerprint density at radius 2 is 2.03 bits per heavy atom. The molecule has 33 heavy (non-hydrogen) atoms. The van der Waals surface area contributed by atoms with Gasteiger partial charge in [-0.05, 0) is 55.7 Å². The Morgan fingerprint density at radius 3 is 2.82 bits per heavy atom. The molecule has 1 saturated heterocycles. The summed E-state index contributed by atoms with van der Waals surface area (Å²) in [4.78, 5) is 34.6. The molecule has 8 heteroatoms. The van der Waals surface area contributed by atoms with Crippen LogP contribution in [0.5, 0.6) is 0 Å². The van der Waals surface area contributed by atoms with Crippen LogP contribution in [0.15, 0.2) is 53.4 Å². The fourth-order valence-corrected chi connectivity index (χ4v) is 6.00. The van der Waals surface area contributed by atoms with Crippen LogP contribution in [0.1, 0.15) is 39.3 Å². The van der Waals surface area contributed by atoms with Gasteiger partial charge in [0.2, 0.25) is 0 Å². The molecule has 2 aliphatic rings. The number of nitrogens with one attached hydrogen (secondary N) is 1. The Balaban J connectivity index is 1.35. The standard InChI is InChI=1S/C25H26N4O2S2/c1-14-5-3-6-15(9-14)22-21(28-25(26)33-22)24(31)29-18(10-17-12-20(17)29)13-27-23(30)16-7-4-8-19(11-16)32-2/h3-9,11,17-18,20H,10,12-13H2,1-2H3,(H2,26,28)(H,27,30)/t17-,18-,20-/m0/s1.